The molecule has 2 N–H and O–H groups in total. The van der Waals surface area contributed by atoms with Crippen LogP contribution >= 0.6 is 0 Å². The van der Waals surface area contributed by atoms with Crippen LogP contribution in [0.5, 0.6) is 0 Å². The SMILES string of the molecule is O=C(O)C(NC(=O)N1CCC(CCN2CCCC2=O)CC1)c1ccccc1. The second kappa shape index (κ2) is 8.88. The number of piperidine rings is 1. The van der Waals surface area contributed by atoms with Crippen molar-refractivity contribution >= 4 is 17.9 Å². The van der Waals surface area contributed by atoms with Gasteiger partial charge in [0.05, 0.1) is 0 Å². The Kier molecular flexibility index (Phi) is 6.32. The topological polar surface area (TPSA) is 89.9 Å². The van der Waals surface area contributed by atoms with Gasteiger partial charge in [0.15, 0.2) is 6.04 Å². The van der Waals surface area contributed by atoms with Crippen LogP contribution in [0.15, 0.2) is 30.3 Å². The van der Waals surface area contributed by atoms with Crippen LogP contribution in [0.25, 0.3) is 0 Å². The Bertz CT molecular complexity index is 671. The van der Waals surface area contributed by atoms with Crippen molar-refractivity contribution in [1.82, 2.24) is 15.1 Å². The molecule has 2 aliphatic heterocycles. The van der Waals surface area contributed by atoms with Crippen molar-refractivity contribution in [1.29, 1.82) is 0 Å². The average Bonchev–Trinajstić information content (AvgIpc) is 3.10. The molecule has 3 amide bonds. The molecule has 0 radical (unpaired) electrons. The number of carboxylic acid groups (broad SMARTS) is 1. The van der Waals surface area contributed by atoms with E-state index < -0.39 is 12.0 Å². The lowest BCUT2D eigenvalue weighted by atomic mass is 9.93. The van der Waals surface area contributed by atoms with E-state index in [0.717, 1.165) is 38.8 Å². The van der Waals surface area contributed by atoms with E-state index in [2.05, 4.69) is 5.32 Å². The molecular formula is C20H27N3O4. The standard InChI is InChI=1S/C20H27N3O4/c24-17-7-4-11-22(17)12-8-15-9-13-23(14-10-15)20(27)21-18(19(25)26)16-5-2-1-3-6-16/h1-3,5-6,15,18H,4,7-14H2,(H,21,27)(H,25,26). The first-order valence-corrected chi connectivity index (χ1v) is 9.65. The summed E-state index contributed by atoms with van der Waals surface area (Å²) >= 11 is 0. The summed E-state index contributed by atoms with van der Waals surface area (Å²) in [6.07, 6.45) is 4.38. The molecule has 7 heteroatoms. The second-order valence-corrected chi connectivity index (χ2v) is 7.33. The maximum Gasteiger partial charge on any atom is 0.330 e. The average molecular weight is 373 g/mol. The number of nitrogens with zero attached hydrogens (tertiary/aromatic N) is 2. The van der Waals surface area contributed by atoms with Gasteiger partial charge in [0.2, 0.25) is 5.91 Å². The zero-order valence-electron chi connectivity index (χ0n) is 15.5. The number of benzene rings is 1. The van der Waals surface area contributed by atoms with E-state index in [0.29, 0.717) is 31.0 Å². The molecule has 1 atom stereocenters. The molecule has 7 nitrogen and oxygen atoms in total. The molecule has 2 aliphatic rings. The number of carbonyl (C=O) groups is 3. The molecule has 0 aromatic heterocycles. The summed E-state index contributed by atoms with van der Waals surface area (Å²) in [6.45, 7) is 2.91. The quantitative estimate of drug-likeness (QED) is 0.800. The summed E-state index contributed by atoms with van der Waals surface area (Å²) in [5.41, 5.74) is 0.559. The Labute approximate surface area is 159 Å². The molecule has 2 fully saturated rings. The van der Waals surface area contributed by atoms with Gasteiger partial charge in [0.25, 0.3) is 0 Å². The van der Waals surface area contributed by atoms with Crippen molar-refractivity contribution in [2.45, 2.75) is 38.1 Å². The molecule has 0 saturated carbocycles. The summed E-state index contributed by atoms with van der Waals surface area (Å²) in [5, 5.41) is 12.1. The lowest BCUT2D eigenvalue weighted by Crippen LogP contribution is -2.47. The largest absolute Gasteiger partial charge is 0.479 e. The number of carboxylic acids is 1. The van der Waals surface area contributed by atoms with Crippen LogP contribution in [-0.2, 0) is 9.59 Å². The summed E-state index contributed by atoms with van der Waals surface area (Å²) in [6, 6.07) is 7.35. The van der Waals surface area contributed by atoms with Gasteiger partial charge in [0, 0.05) is 32.6 Å². The third kappa shape index (κ3) is 4.99. The number of amides is 3. The van der Waals surface area contributed by atoms with Crippen LogP contribution in [0.4, 0.5) is 4.79 Å². The zero-order chi connectivity index (χ0) is 19.2. The number of carbonyl (C=O) groups excluding carboxylic acids is 2. The zero-order valence-corrected chi connectivity index (χ0v) is 15.5. The number of hydrogen-bond acceptors (Lipinski definition) is 3. The summed E-state index contributed by atoms with van der Waals surface area (Å²) < 4.78 is 0. The van der Waals surface area contributed by atoms with E-state index >= 15 is 0 Å². The molecule has 2 heterocycles. The van der Waals surface area contributed by atoms with Crippen LogP contribution in [0, 0.1) is 5.92 Å². The van der Waals surface area contributed by atoms with Crippen LogP contribution < -0.4 is 5.32 Å². The fourth-order valence-corrected chi connectivity index (χ4v) is 3.85. The molecule has 146 valence electrons. The predicted molar refractivity (Wildman–Crippen MR) is 100 cm³/mol. The van der Waals surface area contributed by atoms with Crippen molar-refractivity contribution in [2.75, 3.05) is 26.2 Å². The van der Waals surface area contributed by atoms with Crippen LogP contribution in [-0.4, -0.2) is 59.0 Å². The fraction of sp³-hybridized carbons (Fsp3) is 0.550. The molecule has 0 spiro atoms. The van der Waals surface area contributed by atoms with Gasteiger partial charge in [-0.05, 0) is 37.2 Å². The molecule has 1 unspecified atom stereocenters. The molecule has 0 bridgehead atoms. The number of rotatable bonds is 6. The maximum absolute atomic E-state index is 12.5. The van der Waals surface area contributed by atoms with Gasteiger partial charge in [0.1, 0.15) is 0 Å². The fourth-order valence-electron chi connectivity index (χ4n) is 3.85. The number of likely N-dealkylation sites (tertiary alicyclic amines) is 2. The van der Waals surface area contributed by atoms with Gasteiger partial charge in [-0.25, -0.2) is 9.59 Å². The predicted octanol–water partition coefficient (Wildman–Crippen LogP) is 2.25. The van der Waals surface area contributed by atoms with Gasteiger partial charge in [-0.1, -0.05) is 30.3 Å². The molecule has 2 saturated heterocycles. The van der Waals surface area contributed by atoms with Crippen molar-refractivity contribution < 1.29 is 19.5 Å². The lowest BCUT2D eigenvalue weighted by molar-refractivity contribution is -0.139. The highest BCUT2D eigenvalue weighted by molar-refractivity contribution is 5.83. The van der Waals surface area contributed by atoms with Gasteiger partial charge in [-0.15, -0.1) is 0 Å². The number of hydrogen-bond donors (Lipinski definition) is 2. The van der Waals surface area contributed by atoms with E-state index in [1.165, 1.54) is 0 Å². The maximum atomic E-state index is 12.5. The highest BCUT2D eigenvalue weighted by Gasteiger charge is 2.28. The smallest absolute Gasteiger partial charge is 0.330 e. The van der Waals surface area contributed by atoms with Crippen molar-refractivity contribution in [3.63, 3.8) is 0 Å². The normalized spacial score (nSPS) is 19.2. The number of nitrogens with one attached hydrogen (secondary N) is 1. The van der Waals surface area contributed by atoms with Gasteiger partial charge >= 0.3 is 12.0 Å². The lowest BCUT2D eigenvalue weighted by Gasteiger charge is -2.33. The molecular weight excluding hydrogens is 346 g/mol. The van der Waals surface area contributed by atoms with Crippen molar-refractivity contribution in [2.24, 2.45) is 5.92 Å². The number of urea groups is 1. The van der Waals surface area contributed by atoms with E-state index in [9.17, 15) is 19.5 Å². The third-order valence-electron chi connectivity index (χ3n) is 5.53. The number of aliphatic carboxylic acids is 1. The Morgan fingerprint density at radius 2 is 1.85 bits per heavy atom. The minimum absolute atomic E-state index is 0.257. The van der Waals surface area contributed by atoms with E-state index in [1.807, 2.05) is 11.0 Å². The minimum Gasteiger partial charge on any atom is -0.479 e. The van der Waals surface area contributed by atoms with Crippen LogP contribution in [0.2, 0.25) is 0 Å². The van der Waals surface area contributed by atoms with Crippen molar-refractivity contribution in [3.8, 4) is 0 Å². The van der Waals surface area contributed by atoms with Gasteiger partial charge < -0.3 is 20.2 Å². The first kappa shape index (κ1) is 19.2. The van der Waals surface area contributed by atoms with Gasteiger partial charge in [-0.2, -0.15) is 0 Å². The minimum atomic E-state index is -1.07. The monoisotopic (exact) mass is 373 g/mol. The molecule has 1 aromatic carbocycles. The van der Waals surface area contributed by atoms with E-state index in [1.54, 1.807) is 29.2 Å². The summed E-state index contributed by atoms with van der Waals surface area (Å²) in [5.74, 6) is -0.306. The molecule has 1 aromatic rings. The highest BCUT2D eigenvalue weighted by Crippen LogP contribution is 2.23. The van der Waals surface area contributed by atoms with Crippen LogP contribution in [0.1, 0.15) is 43.7 Å². The molecule has 3 rings (SSSR count). The molecule has 27 heavy (non-hydrogen) atoms. The Morgan fingerprint density at radius 3 is 2.44 bits per heavy atom. The summed E-state index contributed by atoms with van der Waals surface area (Å²) in [4.78, 5) is 39.4. The first-order valence-electron chi connectivity index (χ1n) is 9.65. The van der Waals surface area contributed by atoms with Gasteiger partial charge in [-0.3, -0.25) is 4.79 Å². The van der Waals surface area contributed by atoms with Crippen molar-refractivity contribution in [3.05, 3.63) is 35.9 Å². The second-order valence-electron chi connectivity index (χ2n) is 7.33. The Morgan fingerprint density at radius 1 is 1.15 bits per heavy atom. The Hall–Kier alpha value is -2.57. The van der Waals surface area contributed by atoms with Crippen LogP contribution in [0.3, 0.4) is 0 Å². The van der Waals surface area contributed by atoms with E-state index in [4.69, 9.17) is 0 Å². The summed E-state index contributed by atoms with van der Waals surface area (Å²) in [7, 11) is 0. The molecule has 0 aliphatic carbocycles. The first-order chi connectivity index (χ1) is 13.0. The van der Waals surface area contributed by atoms with E-state index in [-0.39, 0.29) is 11.9 Å². The highest BCUT2D eigenvalue weighted by atomic mass is 16.4. The third-order valence-corrected chi connectivity index (χ3v) is 5.53. The Balaban J connectivity index is 1.46.